The van der Waals surface area contributed by atoms with Gasteiger partial charge in [0.2, 0.25) is 0 Å². The van der Waals surface area contributed by atoms with Gasteiger partial charge in [-0.2, -0.15) is 0 Å². The Morgan fingerprint density at radius 2 is 1.35 bits per heavy atom. The first-order valence-corrected chi connectivity index (χ1v) is 10.7. The van der Waals surface area contributed by atoms with Gasteiger partial charge in [0, 0.05) is 0 Å². The summed E-state index contributed by atoms with van der Waals surface area (Å²) in [7, 11) is 0. The van der Waals surface area contributed by atoms with Crippen molar-refractivity contribution in [3.8, 4) is 0 Å². The summed E-state index contributed by atoms with van der Waals surface area (Å²) >= 11 is 0. The molecule has 0 amide bonds. The van der Waals surface area contributed by atoms with Gasteiger partial charge >= 0.3 is 0 Å². The molecule has 0 heteroatoms. The van der Waals surface area contributed by atoms with Crippen molar-refractivity contribution in [3.63, 3.8) is 0 Å². The molecule has 0 aromatic heterocycles. The monoisotopic (exact) mass is 322 g/mol. The second-order valence-electron chi connectivity index (χ2n) is 10.1. The molecule has 0 aliphatic heterocycles. The summed E-state index contributed by atoms with van der Waals surface area (Å²) in [5.41, 5.74) is 0.655. The molecule has 1 saturated carbocycles. The van der Waals surface area contributed by atoms with E-state index in [4.69, 9.17) is 0 Å². The van der Waals surface area contributed by atoms with E-state index in [0.717, 1.165) is 29.6 Å². The lowest BCUT2D eigenvalue weighted by Crippen LogP contribution is -2.34. The molecule has 0 spiro atoms. The Kier molecular flexibility index (Phi) is 9.24. The third-order valence-corrected chi connectivity index (χ3v) is 7.15. The van der Waals surface area contributed by atoms with E-state index < -0.39 is 0 Å². The van der Waals surface area contributed by atoms with Gasteiger partial charge in [-0.05, 0) is 54.3 Å². The zero-order valence-corrected chi connectivity index (χ0v) is 17.5. The van der Waals surface area contributed by atoms with E-state index in [2.05, 4.69) is 48.5 Å². The maximum Gasteiger partial charge on any atom is -0.0326 e. The van der Waals surface area contributed by atoms with Crippen molar-refractivity contribution in [1.82, 2.24) is 0 Å². The number of hydrogen-bond donors (Lipinski definition) is 0. The summed E-state index contributed by atoms with van der Waals surface area (Å²) in [4.78, 5) is 0. The maximum atomic E-state index is 2.49. The fourth-order valence-corrected chi connectivity index (χ4v) is 4.10. The molecule has 0 nitrogen and oxygen atoms in total. The highest BCUT2D eigenvalue weighted by Crippen LogP contribution is 2.48. The quantitative estimate of drug-likeness (QED) is 0.318. The molecule has 23 heavy (non-hydrogen) atoms. The Balaban J connectivity index is 1.99. The van der Waals surface area contributed by atoms with Crippen molar-refractivity contribution in [2.45, 2.75) is 113 Å². The van der Waals surface area contributed by atoms with Crippen molar-refractivity contribution < 1.29 is 0 Å². The van der Waals surface area contributed by atoms with Gasteiger partial charge < -0.3 is 0 Å². The van der Waals surface area contributed by atoms with Crippen LogP contribution in [0.1, 0.15) is 113 Å². The highest BCUT2D eigenvalue weighted by Gasteiger charge is 2.37. The lowest BCUT2D eigenvalue weighted by atomic mass is 9.60. The molecule has 1 rings (SSSR count). The third kappa shape index (κ3) is 8.08. The largest absolute Gasteiger partial charge is 0.0625 e. The van der Waals surface area contributed by atoms with Crippen molar-refractivity contribution in [1.29, 1.82) is 0 Å². The molecule has 0 N–H and O–H groups in total. The topological polar surface area (TPSA) is 0 Å². The molecule has 0 heterocycles. The number of unbranched alkanes of at least 4 members (excludes halogenated alkanes) is 1. The Bertz CT molecular complexity index is 301. The van der Waals surface area contributed by atoms with Crippen LogP contribution >= 0.6 is 0 Å². The van der Waals surface area contributed by atoms with Crippen molar-refractivity contribution in [2.75, 3.05) is 0 Å². The minimum Gasteiger partial charge on any atom is -0.0625 e. The lowest BCUT2D eigenvalue weighted by molar-refractivity contribution is 0.0589. The molecule has 4 unspecified atom stereocenters. The molecule has 0 aromatic carbocycles. The van der Waals surface area contributed by atoms with Gasteiger partial charge in [0.15, 0.2) is 0 Å². The van der Waals surface area contributed by atoms with E-state index in [0.29, 0.717) is 5.41 Å². The minimum absolute atomic E-state index is 0.655. The van der Waals surface area contributed by atoms with Crippen LogP contribution < -0.4 is 0 Å². The highest BCUT2D eigenvalue weighted by atomic mass is 14.4. The maximum absolute atomic E-state index is 2.49. The molecular formula is C23H46. The Hall–Kier alpha value is 0. The molecule has 4 atom stereocenters. The summed E-state index contributed by atoms with van der Waals surface area (Å²) in [6.07, 6.45) is 14.6. The second-order valence-corrected chi connectivity index (χ2v) is 10.1. The van der Waals surface area contributed by atoms with E-state index in [1.807, 2.05) is 0 Å². The molecule has 0 aromatic rings. The van der Waals surface area contributed by atoms with Gasteiger partial charge in [-0.1, -0.05) is 93.4 Å². The first kappa shape index (κ1) is 21.0. The molecule has 0 bridgehead atoms. The van der Waals surface area contributed by atoms with Crippen LogP contribution in [0.15, 0.2) is 0 Å². The summed E-state index contributed by atoms with van der Waals surface area (Å²) in [6.45, 7) is 17.0. The SMILES string of the molecule is CC(CCCCC(C)CCC1CCC1(C)C)CCC(C)C(C)C. The van der Waals surface area contributed by atoms with E-state index in [1.165, 1.54) is 64.2 Å². The van der Waals surface area contributed by atoms with Crippen LogP contribution in [0.4, 0.5) is 0 Å². The average Bonchev–Trinajstić information content (AvgIpc) is 2.48. The predicted molar refractivity (Wildman–Crippen MR) is 106 cm³/mol. The van der Waals surface area contributed by atoms with Crippen LogP contribution in [0.2, 0.25) is 0 Å². The van der Waals surface area contributed by atoms with Gasteiger partial charge in [-0.15, -0.1) is 0 Å². The standard InChI is InChI=1S/C23H46/c1-18(2)21(5)14-12-19(3)10-8-9-11-20(4)13-15-22-16-17-23(22,6)7/h18-22H,8-17H2,1-7H3. The van der Waals surface area contributed by atoms with Crippen LogP contribution in [0, 0.1) is 35.0 Å². The summed E-state index contributed by atoms with van der Waals surface area (Å²) < 4.78 is 0. The molecule has 138 valence electrons. The third-order valence-electron chi connectivity index (χ3n) is 7.15. The van der Waals surface area contributed by atoms with Crippen LogP contribution in [0.5, 0.6) is 0 Å². The summed E-state index contributed by atoms with van der Waals surface area (Å²) in [5, 5.41) is 0. The minimum atomic E-state index is 0.655. The highest BCUT2D eigenvalue weighted by molar-refractivity contribution is 4.88. The predicted octanol–water partition coefficient (Wildman–Crippen LogP) is 8.11. The molecule has 1 aliphatic carbocycles. The number of rotatable bonds is 12. The summed E-state index contributed by atoms with van der Waals surface area (Å²) in [5.74, 6) is 4.65. The van der Waals surface area contributed by atoms with Crippen molar-refractivity contribution in [2.24, 2.45) is 35.0 Å². The van der Waals surface area contributed by atoms with Gasteiger partial charge in [-0.25, -0.2) is 0 Å². The first-order valence-electron chi connectivity index (χ1n) is 10.7. The van der Waals surface area contributed by atoms with Crippen LogP contribution in [0.25, 0.3) is 0 Å². The fourth-order valence-electron chi connectivity index (χ4n) is 4.10. The van der Waals surface area contributed by atoms with Gasteiger partial charge in [0.1, 0.15) is 0 Å². The van der Waals surface area contributed by atoms with Gasteiger partial charge in [0.05, 0.1) is 0 Å². The Labute approximate surface area is 148 Å². The Morgan fingerprint density at radius 3 is 1.78 bits per heavy atom. The molecule has 0 radical (unpaired) electrons. The lowest BCUT2D eigenvalue weighted by Gasteiger charge is -2.45. The van der Waals surface area contributed by atoms with Crippen molar-refractivity contribution >= 4 is 0 Å². The van der Waals surface area contributed by atoms with Gasteiger partial charge in [0.25, 0.3) is 0 Å². The Morgan fingerprint density at radius 1 is 0.783 bits per heavy atom. The van der Waals surface area contributed by atoms with Crippen molar-refractivity contribution in [3.05, 3.63) is 0 Å². The molecule has 0 saturated heterocycles. The van der Waals surface area contributed by atoms with Crippen LogP contribution in [-0.2, 0) is 0 Å². The normalized spacial score (nSPS) is 24.3. The van der Waals surface area contributed by atoms with Crippen LogP contribution in [-0.4, -0.2) is 0 Å². The molecule has 1 aliphatic rings. The smallest absolute Gasteiger partial charge is 0.0326 e. The fraction of sp³-hybridized carbons (Fsp3) is 1.00. The van der Waals surface area contributed by atoms with E-state index in [1.54, 1.807) is 0 Å². The first-order chi connectivity index (χ1) is 10.7. The zero-order valence-electron chi connectivity index (χ0n) is 17.5. The second kappa shape index (κ2) is 10.1. The molecular weight excluding hydrogens is 276 g/mol. The van der Waals surface area contributed by atoms with Crippen LogP contribution in [0.3, 0.4) is 0 Å². The van der Waals surface area contributed by atoms with E-state index in [-0.39, 0.29) is 0 Å². The van der Waals surface area contributed by atoms with E-state index in [9.17, 15) is 0 Å². The van der Waals surface area contributed by atoms with E-state index >= 15 is 0 Å². The average molecular weight is 323 g/mol. The molecule has 1 fully saturated rings. The number of hydrogen-bond acceptors (Lipinski definition) is 0. The summed E-state index contributed by atoms with van der Waals surface area (Å²) in [6, 6.07) is 0. The zero-order chi connectivity index (χ0) is 17.5. The van der Waals surface area contributed by atoms with Gasteiger partial charge in [-0.3, -0.25) is 0 Å².